The topological polar surface area (TPSA) is 37.4 Å². The summed E-state index contributed by atoms with van der Waals surface area (Å²) in [6.07, 6.45) is -4.32. The molecule has 1 aromatic carbocycles. The Morgan fingerprint density at radius 2 is 1.62 bits per heavy atom. The van der Waals surface area contributed by atoms with Crippen LogP contribution in [0.15, 0.2) is 28.7 Å². The molecule has 0 aromatic heterocycles. The molecule has 1 aliphatic heterocycles. The third kappa shape index (κ3) is 3.84. The van der Waals surface area contributed by atoms with Gasteiger partial charge >= 0.3 is 12.1 Å². The van der Waals surface area contributed by atoms with Crippen LogP contribution in [-0.2, 0) is 4.79 Å². The smallest absolute Gasteiger partial charge is 0.335 e. The zero-order chi connectivity index (χ0) is 15.6. The Kier molecular flexibility index (Phi) is 4.70. The number of nitrogens with zero attached hydrogens (tertiary/aromatic N) is 1. The average molecular weight is 364 g/mol. The molecule has 0 spiro atoms. The molecular formula is C14H13BrF3NO2. The van der Waals surface area contributed by atoms with Crippen LogP contribution in [0.1, 0.15) is 23.2 Å². The number of hydrogen-bond acceptors (Lipinski definition) is 2. The second-order valence-corrected chi connectivity index (χ2v) is 5.85. The lowest BCUT2D eigenvalue weighted by atomic mass is 9.89. The molecule has 0 radical (unpaired) electrons. The number of carbonyl (C=O) groups excluding carboxylic acids is 2. The van der Waals surface area contributed by atoms with E-state index in [1.807, 2.05) is 0 Å². The lowest BCUT2D eigenvalue weighted by Crippen LogP contribution is -2.46. The van der Waals surface area contributed by atoms with Crippen molar-refractivity contribution >= 4 is 27.6 Å². The maximum Gasteiger partial charge on any atom is 0.471 e. The Labute approximate surface area is 128 Å². The van der Waals surface area contributed by atoms with Crippen molar-refractivity contribution < 1.29 is 22.8 Å². The largest absolute Gasteiger partial charge is 0.471 e. The summed E-state index contributed by atoms with van der Waals surface area (Å²) in [5, 5.41) is 0. The molecule has 1 amide bonds. The van der Waals surface area contributed by atoms with Gasteiger partial charge in [0.15, 0.2) is 5.78 Å². The first-order chi connectivity index (χ1) is 9.79. The van der Waals surface area contributed by atoms with Gasteiger partial charge in [0.2, 0.25) is 0 Å². The van der Waals surface area contributed by atoms with Gasteiger partial charge in [-0.3, -0.25) is 9.59 Å². The Bertz CT molecular complexity index is 534. The predicted octanol–water partition coefficient (Wildman–Crippen LogP) is 3.43. The highest BCUT2D eigenvalue weighted by atomic mass is 79.9. The average Bonchev–Trinajstić information content (AvgIpc) is 2.46. The van der Waals surface area contributed by atoms with E-state index in [0.717, 1.165) is 9.37 Å². The first-order valence-corrected chi connectivity index (χ1v) is 7.24. The van der Waals surface area contributed by atoms with Gasteiger partial charge in [-0.25, -0.2) is 0 Å². The van der Waals surface area contributed by atoms with Crippen LogP contribution in [0.2, 0.25) is 0 Å². The standard InChI is InChI=1S/C14H13BrF3NO2/c15-11-3-1-9(2-4-11)12(20)10-5-7-19(8-6-10)13(21)14(16,17)18/h1-4,10H,5-8H2. The van der Waals surface area contributed by atoms with Crippen molar-refractivity contribution in [1.82, 2.24) is 4.90 Å². The van der Waals surface area contributed by atoms with Gasteiger partial charge in [-0.05, 0) is 25.0 Å². The van der Waals surface area contributed by atoms with E-state index in [-0.39, 0.29) is 37.6 Å². The molecule has 3 nitrogen and oxygen atoms in total. The first-order valence-electron chi connectivity index (χ1n) is 6.45. The number of carbonyl (C=O) groups is 2. The predicted molar refractivity (Wildman–Crippen MR) is 73.8 cm³/mol. The van der Waals surface area contributed by atoms with Crippen molar-refractivity contribution in [3.05, 3.63) is 34.3 Å². The maximum absolute atomic E-state index is 12.3. The summed E-state index contributed by atoms with van der Waals surface area (Å²) in [6.45, 7) is -0.0729. The molecule has 0 bridgehead atoms. The van der Waals surface area contributed by atoms with Gasteiger partial charge in [0.05, 0.1) is 0 Å². The van der Waals surface area contributed by atoms with Crippen LogP contribution in [0, 0.1) is 5.92 Å². The zero-order valence-corrected chi connectivity index (χ0v) is 12.6. The van der Waals surface area contributed by atoms with Crippen molar-refractivity contribution in [3.8, 4) is 0 Å². The minimum atomic E-state index is -4.84. The van der Waals surface area contributed by atoms with Crippen molar-refractivity contribution in [2.45, 2.75) is 19.0 Å². The quantitative estimate of drug-likeness (QED) is 0.754. The number of alkyl halides is 3. The summed E-state index contributed by atoms with van der Waals surface area (Å²) >= 11 is 3.27. The monoisotopic (exact) mass is 363 g/mol. The molecule has 0 aliphatic carbocycles. The van der Waals surface area contributed by atoms with E-state index in [2.05, 4.69) is 15.9 Å². The van der Waals surface area contributed by atoms with E-state index >= 15 is 0 Å². The van der Waals surface area contributed by atoms with Gasteiger partial charge in [-0.15, -0.1) is 0 Å². The molecule has 0 N–H and O–H groups in total. The molecule has 1 heterocycles. The first kappa shape index (κ1) is 16.0. The minimum absolute atomic E-state index is 0.0364. The Hall–Kier alpha value is -1.37. The molecule has 114 valence electrons. The maximum atomic E-state index is 12.3. The van der Waals surface area contributed by atoms with Crippen LogP contribution in [0.3, 0.4) is 0 Å². The fraction of sp³-hybridized carbons (Fsp3) is 0.429. The summed E-state index contributed by atoms with van der Waals surface area (Å²) in [7, 11) is 0. The Balaban J connectivity index is 1.96. The third-order valence-electron chi connectivity index (χ3n) is 3.52. The number of ketones is 1. The summed E-state index contributed by atoms with van der Waals surface area (Å²) in [4.78, 5) is 24.1. The molecule has 0 atom stereocenters. The normalized spacial score (nSPS) is 16.9. The zero-order valence-electron chi connectivity index (χ0n) is 11.0. The van der Waals surface area contributed by atoms with Crippen LogP contribution in [-0.4, -0.2) is 35.9 Å². The van der Waals surface area contributed by atoms with Crippen LogP contribution in [0.25, 0.3) is 0 Å². The molecule has 0 unspecified atom stereocenters. The molecule has 7 heteroatoms. The molecule has 1 aromatic rings. The summed E-state index contributed by atoms with van der Waals surface area (Å²) in [5.74, 6) is -2.23. The fourth-order valence-electron chi connectivity index (χ4n) is 2.37. The van der Waals surface area contributed by atoms with Gasteiger partial charge in [0, 0.05) is 29.0 Å². The van der Waals surface area contributed by atoms with Gasteiger partial charge in [-0.1, -0.05) is 28.1 Å². The van der Waals surface area contributed by atoms with Crippen LogP contribution in [0.5, 0.6) is 0 Å². The molecule has 2 rings (SSSR count). The summed E-state index contributed by atoms with van der Waals surface area (Å²) in [6, 6.07) is 6.85. The highest BCUT2D eigenvalue weighted by Crippen LogP contribution is 2.26. The van der Waals surface area contributed by atoms with Gasteiger partial charge < -0.3 is 4.90 Å². The number of piperidine rings is 1. The lowest BCUT2D eigenvalue weighted by molar-refractivity contribution is -0.186. The Morgan fingerprint density at radius 1 is 1.10 bits per heavy atom. The van der Waals surface area contributed by atoms with Crippen LogP contribution < -0.4 is 0 Å². The van der Waals surface area contributed by atoms with E-state index < -0.39 is 12.1 Å². The van der Waals surface area contributed by atoms with E-state index in [1.54, 1.807) is 24.3 Å². The van der Waals surface area contributed by atoms with Gasteiger partial charge in [-0.2, -0.15) is 13.2 Å². The summed E-state index contributed by atoms with van der Waals surface area (Å²) < 4.78 is 37.8. The number of rotatable bonds is 2. The fourth-order valence-corrected chi connectivity index (χ4v) is 2.64. The van der Waals surface area contributed by atoms with E-state index in [9.17, 15) is 22.8 Å². The van der Waals surface area contributed by atoms with Gasteiger partial charge in [0.25, 0.3) is 0 Å². The van der Waals surface area contributed by atoms with Crippen LogP contribution in [0.4, 0.5) is 13.2 Å². The molecule has 1 aliphatic rings. The highest BCUT2D eigenvalue weighted by Gasteiger charge is 2.43. The third-order valence-corrected chi connectivity index (χ3v) is 4.05. The van der Waals surface area contributed by atoms with Crippen LogP contribution >= 0.6 is 15.9 Å². The highest BCUT2D eigenvalue weighted by molar-refractivity contribution is 9.10. The lowest BCUT2D eigenvalue weighted by Gasteiger charge is -2.31. The van der Waals surface area contributed by atoms with E-state index in [4.69, 9.17) is 0 Å². The molecule has 1 fully saturated rings. The summed E-state index contributed by atoms with van der Waals surface area (Å²) in [5.41, 5.74) is 0.541. The van der Waals surface area contributed by atoms with Gasteiger partial charge in [0.1, 0.15) is 0 Å². The van der Waals surface area contributed by atoms with Crippen molar-refractivity contribution in [2.75, 3.05) is 13.1 Å². The SMILES string of the molecule is O=C(c1ccc(Br)cc1)C1CCN(C(=O)C(F)(F)F)CC1. The van der Waals surface area contributed by atoms with Crippen molar-refractivity contribution in [1.29, 1.82) is 0 Å². The number of amides is 1. The number of halogens is 4. The van der Waals surface area contributed by atoms with Crippen molar-refractivity contribution in [2.24, 2.45) is 5.92 Å². The molecule has 21 heavy (non-hydrogen) atoms. The van der Waals surface area contributed by atoms with E-state index in [1.165, 1.54) is 0 Å². The minimum Gasteiger partial charge on any atom is -0.335 e. The molecular weight excluding hydrogens is 351 g/mol. The Morgan fingerprint density at radius 3 is 2.10 bits per heavy atom. The van der Waals surface area contributed by atoms with Crippen molar-refractivity contribution in [3.63, 3.8) is 0 Å². The molecule has 0 saturated carbocycles. The number of hydrogen-bond donors (Lipinski definition) is 0. The number of likely N-dealkylation sites (tertiary alicyclic amines) is 1. The van der Waals surface area contributed by atoms with E-state index in [0.29, 0.717) is 5.56 Å². The number of Topliss-reactive ketones (excluding diaryl/α,β-unsaturated/α-hetero) is 1. The number of benzene rings is 1. The second-order valence-electron chi connectivity index (χ2n) is 4.94. The molecule has 1 saturated heterocycles. The second kappa shape index (κ2) is 6.17.